The number of hydrogen-bond donors (Lipinski definition) is 2. The number of nitrogens with two attached hydrogens (primary N) is 1. The highest BCUT2D eigenvalue weighted by molar-refractivity contribution is 7.12. The van der Waals surface area contributed by atoms with Crippen molar-refractivity contribution in [3.05, 3.63) is 21.4 Å². The van der Waals surface area contributed by atoms with Crippen LogP contribution in [0.15, 0.2) is 6.07 Å². The summed E-state index contributed by atoms with van der Waals surface area (Å²) >= 11 is 1.83. The van der Waals surface area contributed by atoms with Gasteiger partial charge in [-0.3, -0.25) is 4.79 Å². The van der Waals surface area contributed by atoms with Crippen LogP contribution in [0.1, 0.15) is 41.5 Å². The van der Waals surface area contributed by atoms with Gasteiger partial charge in [0.15, 0.2) is 0 Å². The van der Waals surface area contributed by atoms with Gasteiger partial charge >= 0.3 is 0 Å². The highest BCUT2D eigenvalue weighted by Crippen LogP contribution is 2.30. The molecule has 94 valence electrons. The Labute approximate surface area is 106 Å². The Balaban J connectivity index is 1.83. The first-order chi connectivity index (χ1) is 8.20. The number of carbonyl (C=O) groups is 1. The molecule has 0 unspecified atom stereocenters. The molecule has 1 heterocycles. The molecule has 0 spiro atoms. The molecule has 1 atom stereocenters. The molecule has 0 radical (unpaired) electrons. The Hall–Kier alpha value is -0.870. The normalized spacial score (nSPS) is 15.6. The van der Waals surface area contributed by atoms with Crippen LogP contribution in [0, 0.1) is 0 Å². The second-order valence-corrected chi connectivity index (χ2v) is 5.85. The zero-order chi connectivity index (χ0) is 12.3. The van der Waals surface area contributed by atoms with Crippen LogP contribution in [-0.2, 0) is 24.2 Å². The van der Waals surface area contributed by atoms with Crippen molar-refractivity contribution in [2.45, 2.75) is 51.6 Å². The third kappa shape index (κ3) is 3.07. The van der Waals surface area contributed by atoms with E-state index in [-0.39, 0.29) is 11.9 Å². The molecule has 0 saturated carbocycles. The van der Waals surface area contributed by atoms with Crippen LogP contribution in [0.25, 0.3) is 0 Å². The molecule has 0 fully saturated rings. The van der Waals surface area contributed by atoms with Gasteiger partial charge in [0.05, 0.1) is 12.6 Å². The van der Waals surface area contributed by atoms with Gasteiger partial charge in [-0.25, -0.2) is 0 Å². The molecule has 1 aliphatic carbocycles. The van der Waals surface area contributed by atoms with E-state index in [0.29, 0.717) is 6.54 Å². The number of rotatable bonds is 5. The fraction of sp³-hybridized carbons (Fsp3) is 0.615. The molecule has 4 heteroatoms. The molecule has 1 amide bonds. The van der Waals surface area contributed by atoms with E-state index in [1.165, 1.54) is 34.6 Å². The molecule has 3 N–H and O–H groups in total. The number of fused-ring (bicyclic) bond motifs is 1. The maximum absolute atomic E-state index is 11.7. The van der Waals surface area contributed by atoms with Crippen molar-refractivity contribution >= 4 is 17.2 Å². The standard InChI is InChI=1S/C13H20N2OS/c1-2-4-11(14)13(16)15-8-10-7-9-5-3-6-12(9)17-10/h7,11H,2-6,8,14H2,1H3,(H,15,16)/t11-/m0/s1. The summed E-state index contributed by atoms with van der Waals surface area (Å²) in [5.41, 5.74) is 7.24. The van der Waals surface area contributed by atoms with Crippen LogP contribution in [0.5, 0.6) is 0 Å². The molecule has 17 heavy (non-hydrogen) atoms. The first-order valence-electron chi connectivity index (χ1n) is 6.34. The molecule has 1 aromatic rings. The Morgan fingerprint density at radius 2 is 2.41 bits per heavy atom. The lowest BCUT2D eigenvalue weighted by molar-refractivity contribution is -0.122. The number of carbonyl (C=O) groups excluding carboxylic acids is 1. The first-order valence-corrected chi connectivity index (χ1v) is 7.16. The maximum atomic E-state index is 11.7. The molecule has 0 aromatic carbocycles. The van der Waals surface area contributed by atoms with Crippen LogP contribution in [0.4, 0.5) is 0 Å². The minimum absolute atomic E-state index is 0.0274. The van der Waals surface area contributed by atoms with Crippen molar-refractivity contribution in [2.75, 3.05) is 0 Å². The lowest BCUT2D eigenvalue weighted by Gasteiger charge is -2.10. The van der Waals surface area contributed by atoms with Gasteiger partial charge in [0.25, 0.3) is 0 Å². The minimum atomic E-state index is -0.355. The van der Waals surface area contributed by atoms with E-state index in [0.717, 1.165) is 12.8 Å². The summed E-state index contributed by atoms with van der Waals surface area (Å²) in [7, 11) is 0. The van der Waals surface area contributed by atoms with Gasteiger partial charge in [-0.05, 0) is 37.3 Å². The smallest absolute Gasteiger partial charge is 0.237 e. The number of amides is 1. The average molecular weight is 252 g/mol. The molecule has 1 aromatic heterocycles. The topological polar surface area (TPSA) is 55.1 Å². The second kappa shape index (κ2) is 5.65. The van der Waals surface area contributed by atoms with Crippen molar-refractivity contribution < 1.29 is 4.79 Å². The van der Waals surface area contributed by atoms with Crippen LogP contribution in [0.3, 0.4) is 0 Å². The van der Waals surface area contributed by atoms with Gasteiger partial charge in [-0.2, -0.15) is 0 Å². The van der Waals surface area contributed by atoms with E-state index in [1.807, 2.05) is 18.3 Å². The van der Waals surface area contributed by atoms with Crippen molar-refractivity contribution in [1.29, 1.82) is 0 Å². The Bertz CT molecular complexity index is 379. The van der Waals surface area contributed by atoms with Crippen LogP contribution in [-0.4, -0.2) is 11.9 Å². The molecule has 0 saturated heterocycles. The molecule has 3 nitrogen and oxygen atoms in total. The van der Waals surface area contributed by atoms with Crippen molar-refractivity contribution in [2.24, 2.45) is 5.73 Å². The predicted octanol–water partition coefficient (Wildman–Crippen LogP) is 1.98. The fourth-order valence-corrected chi connectivity index (χ4v) is 3.43. The van der Waals surface area contributed by atoms with Gasteiger partial charge in [-0.1, -0.05) is 13.3 Å². The molecule has 0 bridgehead atoms. The van der Waals surface area contributed by atoms with Crippen LogP contribution >= 0.6 is 11.3 Å². The van der Waals surface area contributed by atoms with Gasteiger partial charge in [0, 0.05) is 9.75 Å². The Kier molecular flexibility index (Phi) is 4.18. The number of hydrogen-bond acceptors (Lipinski definition) is 3. The van der Waals surface area contributed by atoms with Crippen LogP contribution in [0.2, 0.25) is 0 Å². The van der Waals surface area contributed by atoms with Crippen LogP contribution < -0.4 is 11.1 Å². The third-order valence-corrected chi connectivity index (χ3v) is 4.41. The molecular formula is C13H20N2OS. The third-order valence-electron chi connectivity index (χ3n) is 3.17. The highest BCUT2D eigenvalue weighted by atomic mass is 32.1. The number of nitrogens with one attached hydrogen (secondary N) is 1. The Morgan fingerprint density at radius 1 is 1.59 bits per heavy atom. The number of aryl methyl sites for hydroxylation is 2. The monoisotopic (exact) mass is 252 g/mol. The maximum Gasteiger partial charge on any atom is 0.237 e. The predicted molar refractivity (Wildman–Crippen MR) is 71.1 cm³/mol. The SMILES string of the molecule is CCC[C@H](N)C(=O)NCc1cc2c(s1)CCC2. The summed E-state index contributed by atoms with van der Waals surface area (Å²) in [6, 6.07) is 1.88. The van der Waals surface area contributed by atoms with Gasteiger partial charge < -0.3 is 11.1 Å². The van der Waals surface area contributed by atoms with E-state index in [4.69, 9.17) is 5.73 Å². The van der Waals surface area contributed by atoms with Crippen molar-refractivity contribution in [1.82, 2.24) is 5.32 Å². The van der Waals surface area contributed by atoms with Gasteiger partial charge in [0.1, 0.15) is 0 Å². The summed E-state index contributed by atoms with van der Waals surface area (Å²) in [6.07, 6.45) is 5.41. The zero-order valence-corrected chi connectivity index (χ0v) is 11.1. The zero-order valence-electron chi connectivity index (χ0n) is 10.3. The van der Waals surface area contributed by atoms with E-state index in [9.17, 15) is 4.79 Å². The average Bonchev–Trinajstić information content (AvgIpc) is 2.86. The largest absolute Gasteiger partial charge is 0.350 e. The van der Waals surface area contributed by atoms with Gasteiger partial charge in [-0.15, -0.1) is 11.3 Å². The van der Waals surface area contributed by atoms with E-state index < -0.39 is 0 Å². The quantitative estimate of drug-likeness (QED) is 0.842. The first kappa shape index (κ1) is 12.6. The fourth-order valence-electron chi connectivity index (χ4n) is 2.23. The summed E-state index contributed by atoms with van der Waals surface area (Å²) in [6.45, 7) is 2.67. The number of thiophene rings is 1. The second-order valence-electron chi connectivity index (χ2n) is 4.63. The van der Waals surface area contributed by atoms with E-state index in [2.05, 4.69) is 11.4 Å². The Morgan fingerprint density at radius 3 is 3.12 bits per heavy atom. The summed E-state index contributed by atoms with van der Waals surface area (Å²) in [5, 5.41) is 2.92. The molecular weight excluding hydrogens is 232 g/mol. The van der Waals surface area contributed by atoms with E-state index in [1.54, 1.807) is 0 Å². The molecule has 1 aliphatic rings. The molecule has 0 aliphatic heterocycles. The van der Waals surface area contributed by atoms with Crippen molar-refractivity contribution in [3.8, 4) is 0 Å². The lowest BCUT2D eigenvalue weighted by Crippen LogP contribution is -2.39. The summed E-state index contributed by atoms with van der Waals surface area (Å²) in [4.78, 5) is 14.4. The molecule has 2 rings (SSSR count). The van der Waals surface area contributed by atoms with Crippen molar-refractivity contribution in [3.63, 3.8) is 0 Å². The van der Waals surface area contributed by atoms with E-state index >= 15 is 0 Å². The lowest BCUT2D eigenvalue weighted by atomic mass is 10.1. The minimum Gasteiger partial charge on any atom is -0.350 e. The summed E-state index contributed by atoms with van der Waals surface area (Å²) < 4.78 is 0. The van der Waals surface area contributed by atoms with Gasteiger partial charge in [0.2, 0.25) is 5.91 Å². The summed E-state index contributed by atoms with van der Waals surface area (Å²) in [5.74, 6) is -0.0274. The highest BCUT2D eigenvalue weighted by Gasteiger charge is 2.16.